The van der Waals surface area contributed by atoms with E-state index in [2.05, 4.69) is 34.6 Å². The standard InChI is InChI=1S/C12H25B3/c1-6-11-13(8-3)12(7-2,14(11)9-4)15(11)10-5/h6-10H2,1-5H3. The van der Waals surface area contributed by atoms with Gasteiger partial charge in [-0.3, -0.25) is 0 Å². The summed E-state index contributed by atoms with van der Waals surface area (Å²) in [4.78, 5) is 0. The van der Waals surface area contributed by atoms with E-state index >= 15 is 0 Å². The van der Waals surface area contributed by atoms with Gasteiger partial charge in [0, 0.05) is 0 Å². The zero-order valence-electron chi connectivity index (χ0n) is 11.3. The van der Waals surface area contributed by atoms with Gasteiger partial charge < -0.3 is 0 Å². The lowest BCUT2D eigenvalue weighted by atomic mass is 8.57. The van der Waals surface area contributed by atoms with Crippen LogP contribution < -0.4 is 0 Å². The predicted octanol–water partition coefficient (Wildman–Crippen LogP) is 4.02. The summed E-state index contributed by atoms with van der Waals surface area (Å²) in [5, 5.41) is 1.54. The molecule has 0 aromatic rings. The number of hydrogen-bond acceptors (Lipinski definition) is 0. The molecule has 0 radical (unpaired) electrons. The fourth-order valence-corrected chi connectivity index (χ4v) is 6.43. The van der Waals surface area contributed by atoms with Crippen molar-refractivity contribution in [2.75, 3.05) is 0 Å². The van der Waals surface area contributed by atoms with Gasteiger partial charge in [0.2, 0.25) is 0 Å². The molecule has 0 aromatic heterocycles. The molecule has 0 unspecified atom stereocenters. The quantitative estimate of drug-likeness (QED) is 0.590. The molecule has 0 amide bonds. The average molecular weight is 202 g/mol. The Balaban J connectivity index is 2.29. The van der Waals surface area contributed by atoms with Crippen LogP contribution >= 0.6 is 0 Å². The summed E-state index contributed by atoms with van der Waals surface area (Å²) in [6.07, 6.45) is 7.15. The molecular weight excluding hydrogens is 177 g/mol. The van der Waals surface area contributed by atoms with Gasteiger partial charge in [0.15, 0.2) is 0 Å². The molecule has 3 heteroatoms. The molecular formula is C12H25B3. The molecule has 0 aliphatic carbocycles. The first kappa shape index (κ1) is 11.7. The topological polar surface area (TPSA) is 0 Å². The summed E-state index contributed by atoms with van der Waals surface area (Å²) in [5.41, 5.74) is 0. The Labute approximate surface area is 97.2 Å². The van der Waals surface area contributed by atoms with Crippen molar-refractivity contribution >= 4 is 20.1 Å². The molecule has 0 nitrogen and oxygen atoms in total. The molecule has 15 heavy (non-hydrogen) atoms. The van der Waals surface area contributed by atoms with E-state index in [4.69, 9.17) is 0 Å². The van der Waals surface area contributed by atoms with Gasteiger partial charge in [-0.15, -0.1) is 0 Å². The van der Waals surface area contributed by atoms with E-state index in [1.54, 1.807) is 0 Å². The van der Waals surface area contributed by atoms with Gasteiger partial charge in [-0.05, 0) is 0 Å². The Kier molecular flexibility index (Phi) is 2.80. The van der Waals surface area contributed by atoms with Gasteiger partial charge in [0.05, 0.1) is 0 Å². The first-order valence-electron chi connectivity index (χ1n) is 7.20. The van der Waals surface area contributed by atoms with Crippen LogP contribution in [0.5, 0.6) is 0 Å². The molecule has 3 aliphatic heterocycles. The van der Waals surface area contributed by atoms with Crippen LogP contribution in [-0.4, -0.2) is 20.1 Å². The molecule has 0 spiro atoms. The lowest BCUT2D eigenvalue weighted by molar-refractivity contribution is 0.619. The summed E-state index contributed by atoms with van der Waals surface area (Å²) >= 11 is 0. The Hall–Kier alpha value is 0.195. The van der Waals surface area contributed by atoms with Gasteiger partial charge in [0.25, 0.3) is 0 Å². The molecule has 0 atom stereocenters. The maximum atomic E-state index is 2.44. The minimum atomic E-state index is 0.772. The second-order valence-corrected chi connectivity index (χ2v) is 5.81. The lowest BCUT2D eigenvalue weighted by Crippen LogP contribution is -2.91. The molecule has 3 heterocycles. The van der Waals surface area contributed by atoms with Gasteiger partial charge in [-0.2, -0.15) is 0 Å². The highest BCUT2D eigenvalue weighted by Gasteiger charge is 2.86. The second kappa shape index (κ2) is 3.60. The van der Waals surface area contributed by atoms with Crippen molar-refractivity contribution in [3.8, 4) is 0 Å². The third kappa shape index (κ3) is 0.909. The van der Waals surface area contributed by atoms with E-state index in [0.717, 1.165) is 30.4 Å². The van der Waals surface area contributed by atoms with Crippen molar-refractivity contribution < 1.29 is 0 Å². The third-order valence-corrected chi connectivity index (χ3v) is 6.34. The summed E-state index contributed by atoms with van der Waals surface area (Å²) in [7, 11) is 0. The van der Waals surface area contributed by atoms with Crippen LogP contribution in [0.4, 0.5) is 0 Å². The molecule has 0 saturated carbocycles. The van der Waals surface area contributed by atoms with Gasteiger partial charge in [0.1, 0.15) is 20.1 Å². The Bertz CT molecular complexity index is 197. The van der Waals surface area contributed by atoms with Crippen LogP contribution in [0.3, 0.4) is 0 Å². The smallest absolute Gasteiger partial charge is 0.0939 e. The fourth-order valence-electron chi connectivity index (χ4n) is 6.43. The van der Waals surface area contributed by atoms with E-state index in [1.165, 1.54) is 31.8 Å². The summed E-state index contributed by atoms with van der Waals surface area (Å²) in [6, 6.07) is 0. The SMILES string of the molecule is CCB1C2(CC)B(CC)C1(CC)B2CC. The molecule has 82 valence electrons. The fraction of sp³-hybridized carbons (Fsp3) is 1.00. The lowest BCUT2D eigenvalue weighted by Gasteiger charge is -2.85. The van der Waals surface area contributed by atoms with Crippen molar-refractivity contribution in [2.45, 2.75) is 76.6 Å². The third-order valence-electron chi connectivity index (χ3n) is 6.34. The summed E-state index contributed by atoms with van der Waals surface area (Å²) < 4.78 is 0. The van der Waals surface area contributed by atoms with Gasteiger partial charge in [-0.25, -0.2) is 0 Å². The molecule has 2 bridgehead atoms. The van der Waals surface area contributed by atoms with Crippen molar-refractivity contribution in [1.29, 1.82) is 0 Å². The zero-order chi connectivity index (χ0) is 11.3. The molecule has 3 fully saturated rings. The maximum Gasteiger partial charge on any atom is 0.122 e. The molecule has 0 N–H and O–H groups in total. The van der Waals surface area contributed by atoms with E-state index in [1.807, 2.05) is 0 Å². The highest BCUT2D eigenvalue weighted by molar-refractivity contribution is 7.34. The van der Waals surface area contributed by atoms with Crippen molar-refractivity contribution in [2.24, 2.45) is 0 Å². The van der Waals surface area contributed by atoms with E-state index in [-0.39, 0.29) is 0 Å². The van der Waals surface area contributed by atoms with E-state index in [9.17, 15) is 0 Å². The average Bonchev–Trinajstić information content (AvgIpc) is 2.19. The van der Waals surface area contributed by atoms with Gasteiger partial charge in [-0.1, -0.05) is 76.6 Å². The monoisotopic (exact) mass is 202 g/mol. The minimum absolute atomic E-state index is 0.772. The van der Waals surface area contributed by atoms with Crippen LogP contribution in [0.1, 0.15) is 47.5 Å². The second-order valence-electron chi connectivity index (χ2n) is 5.81. The highest BCUT2D eigenvalue weighted by atomic mass is 14.4. The van der Waals surface area contributed by atoms with Gasteiger partial charge >= 0.3 is 0 Å². The van der Waals surface area contributed by atoms with Crippen molar-refractivity contribution in [1.82, 2.24) is 0 Å². The molecule has 3 aliphatic rings. The molecule has 3 rings (SSSR count). The van der Waals surface area contributed by atoms with Crippen LogP contribution in [-0.2, 0) is 0 Å². The van der Waals surface area contributed by atoms with Crippen LogP contribution in [0.15, 0.2) is 0 Å². The first-order chi connectivity index (χ1) is 7.20. The van der Waals surface area contributed by atoms with Crippen LogP contribution in [0, 0.1) is 0 Å². The Morgan fingerprint density at radius 3 is 1.00 bits per heavy atom. The molecule has 0 aromatic carbocycles. The molecule has 3 saturated heterocycles. The predicted molar refractivity (Wildman–Crippen MR) is 74.7 cm³/mol. The largest absolute Gasteiger partial charge is 0.122 e. The first-order valence-corrected chi connectivity index (χ1v) is 7.20. The van der Waals surface area contributed by atoms with Crippen LogP contribution in [0.25, 0.3) is 0 Å². The van der Waals surface area contributed by atoms with Crippen LogP contribution in [0.2, 0.25) is 29.2 Å². The summed E-state index contributed by atoms with van der Waals surface area (Å²) in [6.45, 7) is 15.3. The summed E-state index contributed by atoms with van der Waals surface area (Å²) in [5.74, 6) is 0. The highest BCUT2D eigenvalue weighted by Crippen LogP contribution is 2.83. The number of hydrogen-bond donors (Lipinski definition) is 0. The Morgan fingerprint density at radius 1 is 0.600 bits per heavy atom. The normalized spacial score (nSPS) is 37.8. The van der Waals surface area contributed by atoms with E-state index < -0.39 is 0 Å². The van der Waals surface area contributed by atoms with Crippen molar-refractivity contribution in [3.63, 3.8) is 0 Å². The van der Waals surface area contributed by atoms with Crippen molar-refractivity contribution in [3.05, 3.63) is 0 Å². The minimum Gasteiger partial charge on any atom is -0.0939 e. The zero-order valence-corrected chi connectivity index (χ0v) is 11.3. The number of rotatable bonds is 5. The van der Waals surface area contributed by atoms with E-state index in [0.29, 0.717) is 0 Å². The Morgan fingerprint density at radius 2 is 0.867 bits per heavy atom. The maximum absolute atomic E-state index is 2.44.